The average molecular weight is 267 g/mol. The van der Waals surface area contributed by atoms with E-state index in [1.54, 1.807) is 12.1 Å². The summed E-state index contributed by atoms with van der Waals surface area (Å²) in [6, 6.07) is 4.54. The highest BCUT2D eigenvalue weighted by atomic mass is 19.1. The summed E-state index contributed by atoms with van der Waals surface area (Å²) in [4.78, 5) is 13.3. The van der Waals surface area contributed by atoms with Gasteiger partial charge in [-0.3, -0.25) is 4.79 Å². The van der Waals surface area contributed by atoms with Crippen molar-refractivity contribution in [3.63, 3.8) is 0 Å². The molecule has 1 heterocycles. The van der Waals surface area contributed by atoms with Gasteiger partial charge in [-0.2, -0.15) is 0 Å². The largest absolute Gasteiger partial charge is 0.373 e. The minimum absolute atomic E-state index is 0.0164. The molecule has 0 saturated carbocycles. The number of nitrogens with two attached hydrogens (primary N) is 1. The maximum atomic E-state index is 13.7. The minimum atomic E-state index is -0.746. The van der Waals surface area contributed by atoms with E-state index >= 15 is 0 Å². The zero-order chi connectivity index (χ0) is 13.8. The van der Waals surface area contributed by atoms with E-state index in [0.29, 0.717) is 31.9 Å². The standard InChI is InChI=1S/C13H18FN3O2/c1-16-7-9-8-17(5-6-19-9)11-4-2-3-10(14)12(11)13(15)18/h2-4,9,16H,5-8H2,1H3,(H2,15,18). The number of morpholine rings is 1. The fraction of sp³-hybridized carbons (Fsp3) is 0.462. The van der Waals surface area contributed by atoms with Gasteiger partial charge in [0.05, 0.1) is 24.0 Å². The molecule has 1 atom stereocenters. The van der Waals surface area contributed by atoms with Crippen LogP contribution < -0.4 is 16.0 Å². The van der Waals surface area contributed by atoms with Crippen molar-refractivity contribution in [1.29, 1.82) is 0 Å². The van der Waals surface area contributed by atoms with Crippen LogP contribution >= 0.6 is 0 Å². The molecule has 1 fully saturated rings. The number of hydrogen-bond acceptors (Lipinski definition) is 4. The Morgan fingerprint density at radius 3 is 3.11 bits per heavy atom. The van der Waals surface area contributed by atoms with Crippen molar-refractivity contribution < 1.29 is 13.9 Å². The number of amides is 1. The minimum Gasteiger partial charge on any atom is -0.373 e. The van der Waals surface area contributed by atoms with E-state index in [1.165, 1.54) is 6.07 Å². The normalized spacial score (nSPS) is 19.5. The van der Waals surface area contributed by atoms with Crippen molar-refractivity contribution in [1.82, 2.24) is 5.32 Å². The molecule has 1 aromatic carbocycles. The van der Waals surface area contributed by atoms with Gasteiger partial charge in [0.1, 0.15) is 5.82 Å². The van der Waals surface area contributed by atoms with E-state index < -0.39 is 11.7 Å². The molecule has 104 valence electrons. The number of rotatable bonds is 4. The molecule has 3 N–H and O–H groups in total. The number of anilines is 1. The zero-order valence-electron chi connectivity index (χ0n) is 10.9. The quantitative estimate of drug-likeness (QED) is 0.826. The van der Waals surface area contributed by atoms with Gasteiger partial charge in [-0.1, -0.05) is 6.07 Å². The van der Waals surface area contributed by atoms with Crippen LogP contribution in [-0.2, 0) is 4.74 Å². The maximum absolute atomic E-state index is 13.7. The topological polar surface area (TPSA) is 67.6 Å². The van der Waals surface area contributed by atoms with E-state index in [1.807, 2.05) is 11.9 Å². The summed E-state index contributed by atoms with van der Waals surface area (Å²) in [5, 5.41) is 3.04. The Balaban J connectivity index is 2.26. The van der Waals surface area contributed by atoms with Gasteiger partial charge in [0, 0.05) is 19.6 Å². The molecular formula is C13H18FN3O2. The van der Waals surface area contributed by atoms with Gasteiger partial charge in [0.2, 0.25) is 0 Å². The van der Waals surface area contributed by atoms with Crippen molar-refractivity contribution in [3.05, 3.63) is 29.6 Å². The molecule has 1 amide bonds. The van der Waals surface area contributed by atoms with Crippen LogP contribution in [0.1, 0.15) is 10.4 Å². The van der Waals surface area contributed by atoms with Gasteiger partial charge in [-0.25, -0.2) is 4.39 Å². The van der Waals surface area contributed by atoms with E-state index in [4.69, 9.17) is 10.5 Å². The van der Waals surface area contributed by atoms with Crippen molar-refractivity contribution in [2.45, 2.75) is 6.10 Å². The highest BCUT2D eigenvalue weighted by Crippen LogP contribution is 2.24. The average Bonchev–Trinajstić information content (AvgIpc) is 2.38. The number of primary amides is 1. The van der Waals surface area contributed by atoms with Crippen LogP contribution in [0.5, 0.6) is 0 Å². The Morgan fingerprint density at radius 2 is 2.42 bits per heavy atom. The fourth-order valence-corrected chi connectivity index (χ4v) is 2.31. The van der Waals surface area contributed by atoms with Crippen LogP contribution in [0.4, 0.5) is 10.1 Å². The molecule has 1 aromatic rings. The summed E-state index contributed by atoms with van der Waals surface area (Å²) in [6.45, 7) is 2.47. The molecule has 2 rings (SSSR count). The number of carbonyl (C=O) groups is 1. The lowest BCUT2D eigenvalue weighted by molar-refractivity contribution is 0.0420. The summed E-state index contributed by atoms with van der Waals surface area (Å²) in [5.41, 5.74) is 5.76. The van der Waals surface area contributed by atoms with Crippen LogP contribution in [0.15, 0.2) is 18.2 Å². The number of ether oxygens (including phenoxy) is 1. The first-order valence-corrected chi connectivity index (χ1v) is 6.23. The second-order valence-electron chi connectivity index (χ2n) is 4.49. The Hall–Kier alpha value is -1.66. The molecule has 0 aromatic heterocycles. The molecule has 1 saturated heterocycles. The zero-order valence-corrected chi connectivity index (χ0v) is 10.9. The maximum Gasteiger partial charge on any atom is 0.253 e. The molecule has 0 aliphatic carbocycles. The van der Waals surface area contributed by atoms with Gasteiger partial charge in [0.15, 0.2) is 0 Å². The summed E-state index contributed by atoms with van der Waals surface area (Å²) < 4.78 is 19.3. The molecule has 19 heavy (non-hydrogen) atoms. The van der Waals surface area contributed by atoms with Crippen LogP contribution in [0.2, 0.25) is 0 Å². The molecule has 0 spiro atoms. The number of likely N-dealkylation sites (N-methyl/N-ethyl adjacent to an activating group) is 1. The predicted molar refractivity (Wildman–Crippen MR) is 70.8 cm³/mol. The molecule has 1 unspecified atom stereocenters. The molecule has 5 nitrogen and oxygen atoms in total. The first-order chi connectivity index (χ1) is 9.13. The number of benzene rings is 1. The first kappa shape index (κ1) is 13.8. The van der Waals surface area contributed by atoms with Crippen molar-refractivity contribution >= 4 is 11.6 Å². The molecule has 1 aliphatic heterocycles. The van der Waals surface area contributed by atoms with E-state index in [2.05, 4.69) is 5.32 Å². The summed E-state index contributed by atoms with van der Waals surface area (Å²) >= 11 is 0. The number of carbonyl (C=O) groups excluding carboxylic acids is 1. The van der Waals surface area contributed by atoms with Gasteiger partial charge < -0.3 is 20.7 Å². The Kier molecular flexibility index (Phi) is 4.34. The fourth-order valence-electron chi connectivity index (χ4n) is 2.31. The lowest BCUT2D eigenvalue weighted by Gasteiger charge is -2.35. The summed E-state index contributed by atoms with van der Waals surface area (Å²) in [7, 11) is 1.85. The van der Waals surface area contributed by atoms with Crippen LogP contribution in [0, 0.1) is 5.82 Å². The third kappa shape index (κ3) is 3.02. The highest BCUT2D eigenvalue weighted by molar-refractivity contribution is 5.99. The number of nitrogens with one attached hydrogen (secondary N) is 1. The lowest BCUT2D eigenvalue weighted by Crippen LogP contribution is -2.46. The second-order valence-corrected chi connectivity index (χ2v) is 4.49. The van der Waals surface area contributed by atoms with Crippen molar-refractivity contribution in [2.75, 3.05) is 38.2 Å². The van der Waals surface area contributed by atoms with Gasteiger partial charge in [0.25, 0.3) is 5.91 Å². The SMILES string of the molecule is CNCC1CN(c2cccc(F)c2C(N)=O)CCO1. The summed E-state index contributed by atoms with van der Waals surface area (Å²) in [6.07, 6.45) is 0.0164. The number of hydrogen-bond donors (Lipinski definition) is 2. The Morgan fingerprint density at radius 1 is 1.63 bits per heavy atom. The molecule has 6 heteroatoms. The smallest absolute Gasteiger partial charge is 0.253 e. The Bertz CT molecular complexity index is 465. The van der Waals surface area contributed by atoms with E-state index in [9.17, 15) is 9.18 Å². The first-order valence-electron chi connectivity index (χ1n) is 6.23. The molecule has 0 radical (unpaired) electrons. The number of nitrogens with zero attached hydrogens (tertiary/aromatic N) is 1. The predicted octanol–water partition coefficient (Wildman–Crippen LogP) is 0.349. The van der Waals surface area contributed by atoms with Gasteiger partial charge in [-0.05, 0) is 19.2 Å². The highest BCUT2D eigenvalue weighted by Gasteiger charge is 2.24. The van der Waals surface area contributed by atoms with E-state index in [0.717, 1.165) is 0 Å². The Labute approximate surface area is 111 Å². The monoisotopic (exact) mass is 267 g/mol. The summed E-state index contributed by atoms with van der Waals surface area (Å²) in [5.74, 6) is -1.33. The second kappa shape index (κ2) is 5.99. The molecule has 0 bridgehead atoms. The van der Waals surface area contributed by atoms with Crippen molar-refractivity contribution in [2.24, 2.45) is 5.73 Å². The van der Waals surface area contributed by atoms with Crippen LogP contribution in [0.3, 0.4) is 0 Å². The molecular weight excluding hydrogens is 249 g/mol. The third-order valence-electron chi connectivity index (χ3n) is 3.15. The van der Waals surface area contributed by atoms with E-state index in [-0.39, 0.29) is 11.7 Å². The van der Waals surface area contributed by atoms with Crippen LogP contribution in [0.25, 0.3) is 0 Å². The molecule has 1 aliphatic rings. The van der Waals surface area contributed by atoms with Crippen molar-refractivity contribution in [3.8, 4) is 0 Å². The van der Waals surface area contributed by atoms with Gasteiger partial charge in [-0.15, -0.1) is 0 Å². The van der Waals surface area contributed by atoms with Crippen LogP contribution in [-0.4, -0.2) is 45.3 Å². The lowest BCUT2D eigenvalue weighted by atomic mass is 10.1. The third-order valence-corrected chi connectivity index (χ3v) is 3.15. The number of halogens is 1. The van der Waals surface area contributed by atoms with Gasteiger partial charge >= 0.3 is 0 Å².